The highest BCUT2D eigenvalue weighted by atomic mass is 16.5. The number of nitrogens with zero attached hydrogens (tertiary/aromatic N) is 2. The molecule has 7 heteroatoms. The van der Waals surface area contributed by atoms with E-state index >= 15 is 0 Å². The van der Waals surface area contributed by atoms with Gasteiger partial charge in [-0.3, -0.25) is 5.10 Å². The number of ether oxygens (including phenoxy) is 3. The van der Waals surface area contributed by atoms with Crippen LogP contribution in [0, 0.1) is 6.92 Å². The van der Waals surface area contributed by atoms with E-state index in [1.54, 1.807) is 14.2 Å². The Balaban J connectivity index is 1.79. The van der Waals surface area contributed by atoms with E-state index in [4.69, 9.17) is 14.2 Å². The molecular formula is C19H22N4O3. The molecular weight excluding hydrogens is 332 g/mol. The summed E-state index contributed by atoms with van der Waals surface area (Å²) in [6.07, 6.45) is 3.55. The van der Waals surface area contributed by atoms with Crippen molar-refractivity contribution in [2.75, 3.05) is 19.5 Å². The Hall–Kier alpha value is -2.96. The Labute approximate surface area is 151 Å². The number of methoxy groups -OCH3 is 2. The van der Waals surface area contributed by atoms with Gasteiger partial charge in [-0.2, -0.15) is 10.1 Å². The molecule has 1 fully saturated rings. The first-order chi connectivity index (χ1) is 12.7. The lowest BCUT2D eigenvalue weighted by Gasteiger charge is -2.26. The Morgan fingerprint density at radius 1 is 1.04 bits per heavy atom. The molecule has 1 aliphatic carbocycles. The topological polar surface area (TPSA) is 81.3 Å². The highest BCUT2D eigenvalue weighted by Crippen LogP contribution is 2.38. The van der Waals surface area contributed by atoms with Crippen LogP contribution in [0.4, 0.5) is 11.6 Å². The van der Waals surface area contributed by atoms with E-state index in [0.29, 0.717) is 29.0 Å². The van der Waals surface area contributed by atoms with Crippen LogP contribution in [-0.4, -0.2) is 35.5 Å². The maximum atomic E-state index is 6.14. The normalized spacial score (nSPS) is 14.1. The molecule has 2 aromatic heterocycles. The van der Waals surface area contributed by atoms with E-state index in [9.17, 15) is 0 Å². The van der Waals surface area contributed by atoms with Crippen molar-refractivity contribution in [2.45, 2.75) is 32.3 Å². The Kier molecular flexibility index (Phi) is 4.28. The minimum Gasteiger partial charge on any atom is -0.493 e. The minimum atomic E-state index is 0.224. The molecule has 1 saturated carbocycles. The summed E-state index contributed by atoms with van der Waals surface area (Å²) in [6.45, 7) is 1.95. The van der Waals surface area contributed by atoms with Crippen molar-refractivity contribution < 1.29 is 14.2 Å². The van der Waals surface area contributed by atoms with Crippen LogP contribution in [-0.2, 0) is 0 Å². The number of benzene rings is 1. The fourth-order valence-electron chi connectivity index (χ4n) is 2.96. The molecule has 3 aromatic rings. The molecule has 2 heterocycles. The number of aromatic amines is 1. The second-order valence-corrected chi connectivity index (χ2v) is 6.47. The van der Waals surface area contributed by atoms with E-state index in [1.807, 2.05) is 31.2 Å². The van der Waals surface area contributed by atoms with Crippen LogP contribution >= 0.6 is 0 Å². The summed E-state index contributed by atoms with van der Waals surface area (Å²) in [4.78, 5) is 4.67. The standard InChI is InChI=1S/C19H22N4O3/c1-11-7-18(23-22-11)20-17-9-12-8-15(24-2)16(25-3)10-14(12)19(21-17)26-13-5-4-6-13/h7-10,13H,4-6H2,1-3H3,(H2,20,21,22,23). The molecule has 0 aliphatic heterocycles. The highest BCUT2D eigenvalue weighted by molar-refractivity contribution is 5.92. The molecule has 0 spiro atoms. The van der Waals surface area contributed by atoms with E-state index in [0.717, 1.165) is 29.3 Å². The smallest absolute Gasteiger partial charge is 0.223 e. The molecule has 0 atom stereocenters. The van der Waals surface area contributed by atoms with Crippen LogP contribution < -0.4 is 19.5 Å². The Morgan fingerprint density at radius 3 is 2.42 bits per heavy atom. The third kappa shape index (κ3) is 3.12. The fraction of sp³-hybridized carbons (Fsp3) is 0.368. The van der Waals surface area contributed by atoms with Crippen molar-refractivity contribution in [2.24, 2.45) is 0 Å². The molecule has 26 heavy (non-hydrogen) atoms. The molecule has 2 N–H and O–H groups in total. The molecule has 0 radical (unpaired) electrons. The maximum Gasteiger partial charge on any atom is 0.223 e. The monoisotopic (exact) mass is 354 g/mol. The minimum absolute atomic E-state index is 0.224. The Morgan fingerprint density at radius 2 is 1.81 bits per heavy atom. The number of hydrogen-bond donors (Lipinski definition) is 2. The van der Waals surface area contributed by atoms with Crippen LogP contribution in [0.25, 0.3) is 10.8 Å². The number of hydrogen-bond acceptors (Lipinski definition) is 6. The third-order valence-electron chi connectivity index (χ3n) is 4.59. The van der Waals surface area contributed by atoms with Crippen molar-refractivity contribution >= 4 is 22.4 Å². The van der Waals surface area contributed by atoms with Crippen molar-refractivity contribution in [3.05, 3.63) is 30.0 Å². The van der Waals surface area contributed by atoms with Gasteiger partial charge in [0.25, 0.3) is 0 Å². The van der Waals surface area contributed by atoms with Gasteiger partial charge >= 0.3 is 0 Å². The van der Waals surface area contributed by atoms with Gasteiger partial charge in [-0.05, 0) is 49.8 Å². The number of nitrogens with one attached hydrogen (secondary N) is 2. The van der Waals surface area contributed by atoms with Gasteiger partial charge in [0.15, 0.2) is 17.3 Å². The molecule has 136 valence electrons. The quantitative estimate of drug-likeness (QED) is 0.697. The largest absolute Gasteiger partial charge is 0.493 e. The van der Waals surface area contributed by atoms with E-state index < -0.39 is 0 Å². The van der Waals surface area contributed by atoms with Gasteiger partial charge in [0.05, 0.1) is 14.2 Å². The van der Waals surface area contributed by atoms with Gasteiger partial charge in [-0.25, -0.2) is 0 Å². The van der Waals surface area contributed by atoms with Crippen LogP contribution in [0.1, 0.15) is 25.0 Å². The predicted molar refractivity (Wildman–Crippen MR) is 99.7 cm³/mol. The first-order valence-electron chi connectivity index (χ1n) is 8.68. The van der Waals surface area contributed by atoms with E-state index in [-0.39, 0.29) is 6.10 Å². The number of rotatable bonds is 6. The van der Waals surface area contributed by atoms with Crippen LogP contribution in [0.15, 0.2) is 24.3 Å². The number of aromatic nitrogens is 3. The van der Waals surface area contributed by atoms with Gasteiger partial charge in [0, 0.05) is 17.1 Å². The van der Waals surface area contributed by atoms with Crippen LogP contribution in [0.5, 0.6) is 17.4 Å². The number of fused-ring (bicyclic) bond motifs is 1. The number of pyridine rings is 1. The Bertz CT molecular complexity index is 934. The summed E-state index contributed by atoms with van der Waals surface area (Å²) in [7, 11) is 3.25. The molecule has 7 nitrogen and oxygen atoms in total. The molecule has 0 saturated heterocycles. The zero-order valence-electron chi connectivity index (χ0n) is 15.1. The lowest BCUT2D eigenvalue weighted by molar-refractivity contribution is 0.117. The summed E-state index contributed by atoms with van der Waals surface area (Å²) >= 11 is 0. The zero-order valence-corrected chi connectivity index (χ0v) is 15.1. The van der Waals surface area contributed by atoms with Crippen molar-refractivity contribution in [3.63, 3.8) is 0 Å². The average molecular weight is 354 g/mol. The number of aryl methyl sites for hydroxylation is 1. The summed E-state index contributed by atoms with van der Waals surface area (Å²) < 4.78 is 17.0. The molecule has 0 amide bonds. The van der Waals surface area contributed by atoms with Crippen molar-refractivity contribution in [1.82, 2.24) is 15.2 Å². The van der Waals surface area contributed by atoms with Gasteiger partial charge in [0.1, 0.15) is 11.9 Å². The predicted octanol–water partition coefficient (Wildman–Crippen LogP) is 3.96. The SMILES string of the molecule is COc1cc2cc(Nc3cc(C)[nH]n3)nc(OC3CCC3)c2cc1OC. The number of anilines is 2. The van der Waals surface area contributed by atoms with Gasteiger partial charge < -0.3 is 19.5 Å². The second kappa shape index (κ2) is 6.74. The lowest BCUT2D eigenvalue weighted by Crippen LogP contribution is -2.25. The van der Waals surface area contributed by atoms with Gasteiger partial charge in [-0.1, -0.05) is 0 Å². The van der Waals surface area contributed by atoms with Gasteiger partial charge in [0.2, 0.25) is 5.88 Å². The van der Waals surface area contributed by atoms with E-state index in [1.165, 1.54) is 6.42 Å². The molecule has 4 rings (SSSR count). The van der Waals surface area contributed by atoms with Crippen LogP contribution in [0.2, 0.25) is 0 Å². The van der Waals surface area contributed by atoms with Crippen molar-refractivity contribution in [1.29, 1.82) is 0 Å². The fourth-order valence-corrected chi connectivity index (χ4v) is 2.96. The highest BCUT2D eigenvalue weighted by Gasteiger charge is 2.22. The van der Waals surface area contributed by atoms with Crippen molar-refractivity contribution in [3.8, 4) is 17.4 Å². The number of H-pyrrole nitrogens is 1. The molecule has 0 unspecified atom stereocenters. The summed E-state index contributed by atoms with van der Waals surface area (Å²) in [5.74, 6) is 3.31. The average Bonchev–Trinajstić information content (AvgIpc) is 3.01. The van der Waals surface area contributed by atoms with Crippen LogP contribution in [0.3, 0.4) is 0 Å². The molecule has 1 aromatic carbocycles. The van der Waals surface area contributed by atoms with Gasteiger partial charge in [-0.15, -0.1) is 0 Å². The summed E-state index contributed by atoms with van der Waals surface area (Å²) in [6, 6.07) is 7.73. The summed E-state index contributed by atoms with van der Waals surface area (Å²) in [5, 5.41) is 12.2. The third-order valence-corrected chi connectivity index (χ3v) is 4.59. The zero-order chi connectivity index (χ0) is 18.1. The molecule has 0 bridgehead atoms. The lowest BCUT2D eigenvalue weighted by atomic mass is 9.96. The maximum absolute atomic E-state index is 6.14. The summed E-state index contributed by atoms with van der Waals surface area (Å²) in [5.41, 5.74) is 0.977. The van der Waals surface area contributed by atoms with E-state index in [2.05, 4.69) is 20.5 Å². The first kappa shape index (κ1) is 16.5. The molecule has 1 aliphatic rings. The second-order valence-electron chi connectivity index (χ2n) is 6.47. The first-order valence-corrected chi connectivity index (χ1v) is 8.68.